The fourth-order valence-electron chi connectivity index (χ4n) is 3.25. The molecule has 8 heteroatoms. The number of hydrogen-bond acceptors (Lipinski definition) is 4. The van der Waals surface area contributed by atoms with E-state index in [1.807, 2.05) is 43.3 Å². The molecule has 0 bridgehead atoms. The molecule has 3 aromatic rings. The molecule has 1 fully saturated rings. The molecule has 1 aliphatic heterocycles. The Kier molecular flexibility index (Phi) is 4.11. The quantitative estimate of drug-likeness (QED) is 0.606. The van der Waals surface area contributed by atoms with E-state index in [4.69, 9.17) is 0 Å². The monoisotopic (exact) mass is 377 g/mol. The van der Waals surface area contributed by atoms with Crippen LogP contribution in [-0.2, 0) is 15.1 Å². The zero-order chi connectivity index (χ0) is 19.9. The van der Waals surface area contributed by atoms with Crippen molar-refractivity contribution in [3.8, 4) is 0 Å². The minimum absolute atomic E-state index is 0.263. The number of imide groups is 1. The standard InChI is InChI=1S/C20H19N5O3/c1-12-7-9-13(10-8-12)20(2)17(27)25(19(28)24-20)11-16(26)23-18-21-14-5-3-4-6-15(14)22-18/h3-10H,11H2,1-2H3,(H,24,28)(H2,21,22,23,26). The van der Waals surface area contributed by atoms with Crippen molar-refractivity contribution in [2.24, 2.45) is 0 Å². The Balaban J connectivity index is 1.49. The average molecular weight is 377 g/mol. The number of hydrogen-bond donors (Lipinski definition) is 3. The number of benzene rings is 2. The van der Waals surface area contributed by atoms with Crippen molar-refractivity contribution in [2.45, 2.75) is 19.4 Å². The van der Waals surface area contributed by atoms with Gasteiger partial charge in [0.05, 0.1) is 11.0 Å². The Morgan fingerprint density at radius 2 is 1.86 bits per heavy atom. The van der Waals surface area contributed by atoms with E-state index in [2.05, 4.69) is 20.6 Å². The van der Waals surface area contributed by atoms with Crippen molar-refractivity contribution >= 4 is 34.8 Å². The lowest BCUT2D eigenvalue weighted by molar-refractivity contribution is -0.133. The van der Waals surface area contributed by atoms with Gasteiger partial charge >= 0.3 is 6.03 Å². The van der Waals surface area contributed by atoms with Crippen LogP contribution in [0.5, 0.6) is 0 Å². The molecule has 1 saturated heterocycles. The molecule has 1 atom stereocenters. The second kappa shape index (κ2) is 6.49. The molecule has 1 aliphatic rings. The third-order valence-electron chi connectivity index (χ3n) is 4.85. The number of nitrogens with zero attached hydrogens (tertiary/aromatic N) is 2. The summed E-state index contributed by atoms with van der Waals surface area (Å²) < 4.78 is 0. The third kappa shape index (κ3) is 2.98. The molecule has 8 nitrogen and oxygen atoms in total. The highest BCUT2D eigenvalue weighted by molar-refractivity contribution is 6.10. The first-order chi connectivity index (χ1) is 13.4. The fourth-order valence-corrected chi connectivity index (χ4v) is 3.25. The molecule has 0 aliphatic carbocycles. The summed E-state index contributed by atoms with van der Waals surface area (Å²) in [7, 11) is 0. The maximum Gasteiger partial charge on any atom is 0.325 e. The van der Waals surface area contributed by atoms with Gasteiger partial charge in [0.1, 0.15) is 12.1 Å². The van der Waals surface area contributed by atoms with Crippen LogP contribution in [0.15, 0.2) is 48.5 Å². The molecule has 3 N–H and O–H groups in total. The number of aromatic amines is 1. The fraction of sp³-hybridized carbons (Fsp3) is 0.200. The molecular weight excluding hydrogens is 358 g/mol. The predicted octanol–water partition coefficient (Wildman–Crippen LogP) is 2.28. The average Bonchev–Trinajstić information content (AvgIpc) is 3.16. The molecule has 4 amide bonds. The van der Waals surface area contributed by atoms with Gasteiger partial charge in [0.25, 0.3) is 5.91 Å². The van der Waals surface area contributed by atoms with Gasteiger partial charge in [-0.25, -0.2) is 9.78 Å². The SMILES string of the molecule is Cc1ccc(C2(C)NC(=O)N(CC(=O)Nc3nc4ccccc4[nH]3)C2=O)cc1. The molecule has 4 rings (SSSR count). The van der Waals surface area contributed by atoms with Gasteiger partial charge in [-0.05, 0) is 31.5 Å². The number of nitrogens with one attached hydrogen (secondary N) is 3. The van der Waals surface area contributed by atoms with E-state index in [0.717, 1.165) is 16.0 Å². The largest absolute Gasteiger partial charge is 0.325 e. The number of rotatable bonds is 4. The number of carbonyl (C=O) groups is 3. The number of aryl methyl sites for hydroxylation is 1. The van der Waals surface area contributed by atoms with Gasteiger partial charge in [-0.3, -0.25) is 19.8 Å². The van der Waals surface area contributed by atoms with Gasteiger partial charge in [-0.1, -0.05) is 42.0 Å². The van der Waals surface area contributed by atoms with Crippen molar-refractivity contribution in [3.63, 3.8) is 0 Å². The number of carbonyl (C=O) groups excluding carboxylic acids is 3. The van der Waals surface area contributed by atoms with E-state index >= 15 is 0 Å². The maximum absolute atomic E-state index is 12.9. The van der Waals surface area contributed by atoms with Gasteiger partial charge in [-0.2, -0.15) is 0 Å². The van der Waals surface area contributed by atoms with Gasteiger partial charge in [-0.15, -0.1) is 0 Å². The summed E-state index contributed by atoms with van der Waals surface area (Å²) in [5.74, 6) is -0.726. The van der Waals surface area contributed by atoms with Gasteiger partial charge in [0, 0.05) is 0 Å². The second-order valence-electron chi connectivity index (χ2n) is 6.96. The lowest BCUT2D eigenvalue weighted by Gasteiger charge is -2.22. The van der Waals surface area contributed by atoms with Crippen LogP contribution in [0.1, 0.15) is 18.1 Å². The normalized spacial score (nSPS) is 19.1. The number of aromatic nitrogens is 2. The van der Waals surface area contributed by atoms with Crippen LogP contribution in [0.25, 0.3) is 11.0 Å². The zero-order valence-corrected chi connectivity index (χ0v) is 15.4. The Bertz CT molecular complexity index is 1060. The first-order valence-corrected chi connectivity index (χ1v) is 8.83. The number of anilines is 1. The summed E-state index contributed by atoms with van der Waals surface area (Å²) in [4.78, 5) is 45.8. The molecule has 1 aromatic heterocycles. The lowest BCUT2D eigenvalue weighted by Crippen LogP contribution is -2.42. The van der Waals surface area contributed by atoms with Crippen molar-refractivity contribution in [2.75, 3.05) is 11.9 Å². The first kappa shape index (κ1) is 17.7. The summed E-state index contributed by atoms with van der Waals surface area (Å²) in [6, 6.07) is 14.1. The topological polar surface area (TPSA) is 107 Å². The van der Waals surface area contributed by atoms with E-state index in [0.29, 0.717) is 11.1 Å². The van der Waals surface area contributed by atoms with Crippen molar-refractivity contribution in [1.29, 1.82) is 0 Å². The number of amides is 4. The molecule has 2 aromatic carbocycles. The van der Waals surface area contributed by atoms with E-state index in [1.54, 1.807) is 19.1 Å². The summed E-state index contributed by atoms with van der Waals surface area (Å²) in [6.45, 7) is 3.17. The number of fused-ring (bicyclic) bond motifs is 1. The van der Waals surface area contributed by atoms with Crippen LogP contribution >= 0.6 is 0 Å². The molecular formula is C20H19N5O3. The molecule has 28 heavy (non-hydrogen) atoms. The second-order valence-corrected chi connectivity index (χ2v) is 6.96. The summed E-state index contributed by atoms with van der Waals surface area (Å²) in [5.41, 5.74) is 1.99. The van der Waals surface area contributed by atoms with E-state index < -0.39 is 29.9 Å². The van der Waals surface area contributed by atoms with Gasteiger partial charge < -0.3 is 10.3 Å². The van der Waals surface area contributed by atoms with Crippen LogP contribution in [0, 0.1) is 6.92 Å². The van der Waals surface area contributed by atoms with Gasteiger partial charge in [0.2, 0.25) is 11.9 Å². The van der Waals surface area contributed by atoms with E-state index in [9.17, 15) is 14.4 Å². The first-order valence-electron chi connectivity index (χ1n) is 8.83. The molecule has 0 radical (unpaired) electrons. The highest BCUT2D eigenvalue weighted by atomic mass is 16.2. The molecule has 0 saturated carbocycles. The Morgan fingerprint density at radius 3 is 2.57 bits per heavy atom. The lowest BCUT2D eigenvalue weighted by atomic mass is 9.91. The Labute approximate surface area is 160 Å². The van der Waals surface area contributed by atoms with Crippen LogP contribution in [0.3, 0.4) is 0 Å². The number of imidazole rings is 1. The van der Waals surface area contributed by atoms with E-state index in [-0.39, 0.29) is 5.95 Å². The molecule has 2 heterocycles. The highest BCUT2D eigenvalue weighted by Crippen LogP contribution is 2.29. The summed E-state index contributed by atoms with van der Waals surface area (Å²) in [5, 5.41) is 5.29. The van der Waals surface area contributed by atoms with Crippen LogP contribution in [0.4, 0.5) is 10.7 Å². The van der Waals surface area contributed by atoms with Crippen molar-refractivity contribution in [3.05, 3.63) is 59.7 Å². The zero-order valence-electron chi connectivity index (χ0n) is 15.4. The smallest absolute Gasteiger partial charge is 0.324 e. The Hall–Kier alpha value is -3.68. The Morgan fingerprint density at radius 1 is 1.14 bits per heavy atom. The van der Waals surface area contributed by atoms with Crippen LogP contribution in [-0.4, -0.2) is 39.3 Å². The molecule has 0 spiro atoms. The number of para-hydroxylation sites is 2. The van der Waals surface area contributed by atoms with Crippen molar-refractivity contribution in [1.82, 2.24) is 20.2 Å². The van der Waals surface area contributed by atoms with Crippen LogP contribution in [0.2, 0.25) is 0 Å². The predicted molar refractivity (Wildman–Crippen MR) is 103 cm³/mol. The van der Waals surface area contributed by atoms with Crippen LogP contribution < -0.4 is 10.6 Å². The highest BCUT2D eigenvalue weighted by Gasteiger charge is 2.49. The molecule has 1 unspecified atom stereocenters. The summed E-state index contributed by atoms with van der Waals surface area (Å²) in [6.07, 6.45) is 0. The molecule has 142 valence electrons. The third-order valence-corrected chi connectivity index (χ3v) is 4.85. The summed E-state index contributed by atoms with van der Waals surface area (Å²) >= 11 is 0. The minimum Gasteiger partial charge on any atom is -0.324 e. The van der Waals surface area contributed by atoms with Crippen molar-refractivity contribution < 1.29 is 14.4 Å². The number of H-pyrrole nitrogens is 1. The minimum atomic E-state index is -1.20. The maximum atomic E-state index is 12.9. The van der Waals surface area contributed by atoms with E-state index in [1.165, 1.54) is 0 Å². The van der Waals surface area contributed by atoms with Gasteiger partial charge in [0.15, 0.2) is 0 Å². The number of urea groups is 1.